The van der Waals surface area contributed by atoms with Crippen molar-refractivity contribution in [2.75, 3.05) is 54.6 Å². The molecule has 28 heavy (non-hydrogen) atoms. The van der Waals surface area contributed by atoms with Crippen LogP contribution in [0.3, 0.4) is 0 Å². The third-order valence-corrected chi connectivity index (χ3v) is 6.95. The van der Waals surface area contributed by atoms with Crippen molar-refractivity contribution < 1.29 is 13.2 Å². The molecule has 4 rings (SSSR count). The Morgan fingerprint density at radius 1 is 1.21 bits per heavy atom. The second kappa shape index (κ2) is 7.44. The number of hydrogen-bond donors (Lipinski definition) is 2. The molecule has 9 nitrogen and oxygen atoms in total. The van der Waals surface area contributed by atoms with Crippen LogP contribution in [0.15, 0.2) is 30.6 Å². The van der Waals surface area contributed by atoms with Gasteiger partial charge in [-0.3, -0.25) is 0 Å². The van der Waals surface area contributed by atoms with Gasteiger partial charge in [-0.2, -0.15) is 4.31 Å². The molecule has 2 aliphatic heterocycles. The molecule has 1 fully saturated rings. The number of rotatable bonds is 5. The van der Waals surface area contributed by atoms with Crippen LogP contribution in [-0.2, 0) is 10.0 Å². The number of fused-ring (bicyclic) bond motifs is 3. The van der Waals surface area contributed by atoms with E-state index in [-0.39, 0.29) is 11.8 Å². The van der Waals surface area contributed by atoms with Crippen molar-refractivity contribution in [3.05, 3.63) is 30.6 Å². The molecule has 1 saturated heterocycles. The lowest BCUT2D eigenvalue weighted by Crippen LogP contribution is -2.58. The molecule has 10 heteroatoms. The SMILES string of the molecule is CCS(=O)(=O)N1CCN2c3ccc(Nc4cc(NC)ncn4)cc3OC[C@H]2C1. The highest BCUT2D eigenvalue weighted by Crippen LogP contribution is 2.38. The van der Waals surface area contributed by atoms with Gasteiger partial charge in [0.2, 0.25) is 10.0 Å². The van der Waals surface area contributed by atoms with Crippen molar-refractivity contribution in [1.82, 2.24) is 14.3 Å². The molecule has 0 amide bonds. The number of hydrogen-bond acceptors (Lipinski definition) is 8. The zero-order chi connectivity index (χ0) is 19.7. The summed E-state index contributed by atoms with van der Waals surface area (Å²) in [6, 6.07) is 7.78. The average Bonchev–Trinajstić information content (AvgIpc) is 2.73. The van der Waals surface area contributed by atoms with E-state index in [0.29, 0.717) is 32.1 Å². The van der Waals surface area contributed by atoms with Crippen LogP contribution in [-0.4, -0.2) is 67.8 Å². The molecule has 3 heterocycles. The Morgan fingerprint density at radius 2 is 2.04 bits per heavy atom. The van der Waals surface area contributed by atoms with Crippen LogP contribution < -0.4 is 20.3 Å². The van der Waals surface area contributed by atoms with Crippen molar-refractivity contribution in [3.63, 3.8) is 0 Å². The summed E-state index contributed by atoms with van der Waals surface area (Å²) in [6.45, 7) is 3.76. The lowest BCUT2D eigenvalue weighted by molar-refractivity contribution is 0.216. The van der Waals surface area contributed by atoms with Crippen molar-refractivity contribution in [3.8, 4) is 5.75 Å². The largest absolute Gasteiger partial charge is 0.489 e. The third-order valence-electron chi connectivity index (χ3n) is 5.10. The number of anilines is 4. The quantitative estimate of drug-likeness (QED) is 0.773. The topological polar surface area (TPSA) is 99.7 Å². The van der Waals surface area contributed by atoms with Gasteiger partial charge < -0.3 is 20.3 Å². The monoisotopic (exact) mass is 404 g/mol. The summed E-state index contributed by atoms with van der Waals surface area (Å²) in [5.41, 5.74) is 1.86. The molecule has 150 valence electrons. The van der Waals surface area contributed by atoms with E-state index < -0.39 is 10.0 Å². The number of ether oxygens (including phenoxy) is 1. The summed E-state index contributed by atoms with van der Waals surface area (Å²) in [5, 5.41) is 6.24. The van der Waals surface area contributed by atoms with E-state index in [0.717, 1.165) is 22.9 Å². The van der Waals surface area contributed by atoms with E-state index in [1.54, 1.807) is 18.3 Å². The zero-order valence-electron chi connectivity index (χ0n) is 15.9. The lowest BCUT2D eigenvalue weighted by atomic mass is 10.1. The Hall–Kier alpha value is -2.59. The van der Waals surface area contributed by atoms with Gasteiger partial charge >= 0.3 is 0 Å². The number of nitrogens with zero attached hydrogens (tertiary/aromatic N) is 4. The molecule has 2 aliphatic rings. The van der Waals surface area contributed by atoms with E-state index in [1.807, 2.05) is 24.3 Å². The van der Waals surface area contributed by atoms with Crippen LogP contribution in [0.4, 0.5) is 23.0 Å². The van der Waals surface area contributed by atoms with Crippen molar-refractivity contribution in [2.45, 2.75) is 13.0 Å². The first kappa shape index (κ1) is 18.8. The lowest BCUT2D eigenvalue weighted by Gasteiger charge is -2.45. The average molecular weight is 404 g/mol. The second-order valence-electron chi connectivity index (χ2n) is 6.76. The predicted molar refractivity (Wildman–Crippen MR) is 109 cm³/mol. The maximum atomic E-state index is 12.2. The summed E-state index contributed by atoms with van der Waals surface area (Å²) < 4.78 is 31.9. The van der Waals surface area contributed by atoms with E-state index in [9.17, 15) is 8.42 Å². The number of piperazine rings is 1. The van der Waals surface area contributed by atoms with E-state index in [2.05, 4.69) is 25.5 Å². The fourth-order valence-electron chi connectivity index (χ4n) is 3.56. The van der Waals surface area contributed by atoms with Crippen LogP contribution in [0.5, 0.6) is 5.75 Å². The van der Waals surface area contributed by atoms with Gasteiger partial charge in [-0.05, 0) is 19.1 Å². The molecule has 0 radical (unpaired) electrons. The Balaban J connectivity index is 1.51. The van der Waals surface area contributed by atoms with E-state index >= 15 is 0 Å². The van der Waals surface area contributed by atoms with Gasteiger partial charge in [0.05, 0.1) is 17.5 Å². The van der Waals surface area contributed by atoms with Gasteiger partial charge in [0.1, 0.15) is 30.3 Å². The minimum absolute atomic E-state index is 0.0291. The molecule has 1 aromatic carbocycles. The normalized spacial score (nSPS) is 19.4. The number of sulfonamides is 1. The van der Waals surface area contributed by atoms with Crippen molar-refractivity contribution >= 4 is 33.0 Å². The first-order valence-corrected chi connectivity index (χ1v) is 10.9. The first-order valence-electron chi connectivity index (χ1n) is 9.28. The van der Waals surface area contributed by atoms with Crippen LogP contribution in [0.2, 0.25) is 0 Å². The highest BCUT2D eigenvalue weighted by atomic mass is 32.2. The summed E-state index contributed by atoms with van der Waals surface area (Å²) in [6.07, 6.45) is 1.50. The van der Waals surface area contributed by atoms with Gasteiger partial charge in [-0.15, -0.1) is 0 Å². The fourth-order valence-corrected chi connectivity index (χ4v) is 4.69. The van der Waals surface area contributed by atoms with Gasteiger partial charge in [-0.1, -0.05) is 0 Å². The molecule has 0 saturated carbocycles. The predicted octanol–water partition coefficient (Wildman–Crippen LogP) is 1.49. The summed E-state index contributed by atoms with van der Waals surface area (Å²) in [4.78, 5) is 10.6. The summed E-state index contributed by atoms with van der Waals surface area (Å²) in [5.74, 6) is 2.33. The molecule has 1 atom stereocenters. The number of nitrogens with one attached hydrogen (secondary N) is 2. The van der Waals surface area contributed by atoms with Crippen LogP contribution in [0.1, 0.15) is 6.92 Å². The minimum Gasteiger partial charge on any atom is -0.489 e. The van der Waals surface area contributed by atoms with Crippen LogP contribution in [0, 0.1) is 0 Å². The van der Waals surface area contributed by atoms with E-state index in [4.69, 9.17) is 4.74 Å². The highest BCUT2D eigenvalue weighted by molar-refractivity contribution is 7.89. The van der Waals surface area contributed by atoms with Crippen molar-refractivity contribution in [2.24, 2.45) is 0 Å². The molecule has 0 unspecified atom stereocenters. The Morgan fingerprint density at radius 3 is 2.82 bits per heavy atom. The van der Waals surface area contributed by atoms with Gasteiger partial charge in [-0.25, -0.2) is 18.4 Å². The Bertz CT molecular complexity index is 968. The number of aromatic nitrogens is 2. The zero-order valence-corrected chi connectivity index (χ0v) is 16.7. The standard InChI is InChI=1S/C18H24N6O3S/c1-3-28(25,26)23-6-7-24-14(10-23)11-27-16-8-13(4-5-15(16)24)22-18-9-17(19-2)20-12-21-18/h4-5,8-9,12,14H,3,6-7,10-11H2,1-2H3,(H2,19,20,21,22)/t14-/m1/s1. The molecule has 2 N–H and O–H groups in total. The van der Waals surface area contributed by atoms with Crippen LogP contribution in [0.25, 0.3) is 0 Å². The third kappa shape index (κ3) is 3.57. The minimum atomic E-state index is -3.17. The molecule has 1 aromatic heterocycles. The summed E-state index contributed by atoms with van der Waals surface area (Å²) in [7, 11) is -1.37. The second-order valence-corrected chi connectivity index (χ2v) is 9.02. The maximum absolute atomic E-state index is 12.2. The molecule has 0 bridgehead atoms. The molecule has 2 aromatic rings. The Kier molecular flexibility index (Phi) is 4.98. The first-order chi connectivity index (χ1) is 13.5. The fraction of sp³-hybridized carbons (Fsp3) is 0.444. The van der Waals surface area contributed by atoms with Gasteiger partial charge in [0, 0.05) is 44.5 Å². The van der Waals surface area contributed by atoms with Gasteiger partial charge in [0.15, 0.2) is 0 Å². The smallest absolute Gasteiger partial charge is 0.213 e. The maximum Gasteiger partial charge on any atom is 0.213 e. The molecular weight excluding hydrogens is 380 g/mol. The van der Waals surface area contributed by atoms with Crippen LogP contribution >= 0.6 is 0 Å². The van der Waals surface area contributed by atoms with Gasteiger partial charge in [0.25, 0.3) is 0 Å². The van der Waals surface area contributed by atoms with E-state index in [1.165, 1.54) is 6.33 Å². The summed E-state index contributed by atoms with van der Waals surface area (Å²) >= 11 is 0. The molecule has 0 aliphatic carbocycles. The molecular formula is C18H24N6O3S. The molecule has 0 spiro atoms. The Labute approximate surface area is 164 Å². The number of benzene rings is 1. The highest BCUT2D eigenvalue weighted by Gasteiger charge is 2.36. The van der Waals surface area contributed by atoms with Crippen molar-refractivity contribution in [1.29, 1.82) is 0 Å².